The number of aromatic nitrogens is 1. The smallest absolute Gasteiger partial charge is 0.330 e. The Morgan fingerprint density at radius 1 is 1.22 bits per heavy atom. The maximum atomic E-state index is 12.4. The van der Waals surface area contributed by atoms with Crippen molar-refractivity contribution < 1.29 is 14.7 Å². The summed E-state index contributed by atoms with van der Waals surface area (Å²) < 4.78 is 0. The number of aliphatic carboxylic acids is 1. The minimum absolute atomic E-state index is 0.397. The number of hydrogen-bond acceptors (Lipinski definition) is 4. The van der Waals surface area contributed by atoms with E-state index in [2.05, 4.69) is 10.3 Å². The second-order valence-corrected chi connectivity index (χ2v) is 6.63. The largest absolute Gasteiger partial charge is 0.479 e. The Kier molecular flexibility index (Phi) is 5.15. The van der Waals surface area contributed by atoms with Gasteiger partial charge in [-0.3, -0.25) is 4.79 Å². The zero-order valence-electron chi connectivity index (χ0n) is 13.6. The molecule has 5 nitrogen and oxygen atoms in total. The van der Waals surface area contributed by atoms with Crippen molar-refractivity contribution in [3.63, 3.8) is 0 Å². The summed E-state index contributed by atoms with van der Waals surface area (Å²) in [4.78, 5) is 28.8. The van der Waals surface area contributed by atoms with Gasteiger partial charge in [0.25, 0.3) is 5.91 Å². The number of benzene rings is 1. The number of amides is 1. The first kappa shape index (κ1) is 17.1. The molecular formula is C17H20N2O3S. The molecule has 6 heteroatoms. The van der Waals surface area contributed by atoms with E-state index in [1.807, 2.05) is 26.8 Å². The minimum atomic E-state index is -1.08. The van der Waals surface area contributed by atoms with Gasteiger partial charge in [-0.1, -0.05) is 36.2 Å². The van der Waals surface area contributed by atoms with Crippen LogP contribution in [0.15, 0.2) is 18.2 Å². The van der Waals surface area contributed by atoms with E-state index < -0.39 is 17.9 Å². The molecule has 0 saturated carbocycles. The van der Waals surface area contributed by atoms with Crippen molar-refractivity contribution in [1.29, 1.82) is 0 Å². The quantitative estimate of drug-likeness (QED) is 0.881. The van der Waals surface area contributed by atoms with Crippen LogP contribution in [-0.2, 0) is 11.2 Å². The van der Waals surface area contributed by atoms with Crippen molar-refractivity contribution in [3.8, 4) is 0 Å². The van der Waals surface area contributed by atoms with Gasteiger partial charge in [0.1, 0.15) is 4.88 Å². The molecule has 1 atom stereocenters. The highest BCUT2D eigenvalue weighted by atomic mass is 32.1. The van der Waals surface area contributed by atoms with E-state index in [0.29, 0.717) is 16.1 Å². The standard InChI is InChI=1S/C17H20N2O3S/c1-5-13-18-11(4)15(23-13)16(20)19-14(17(21)22)12-7-9(2)6-10(3)8-12/h6-8,14H,5H2,1-4H3,(H,19,20)(H,21,22). The van der Waals surface area contributed by atoms with Crippen LogP contribution in [-0.4, -0.2) is 22.0 Å². The van der Waals surface area contributed by atoms with Crippen LogP contribution in [0.2, 0.25) is 0 Å². The molecule has 1 heterocycles. The van der Waals surface area contributed by atoms with Gasteiger partial charge < -0.3 is 10.4 Å². The third kappa shape index (κ3) is 3.96. The fourth-order valence-electron chi connectivity index (χ4n) is 2.48. The monoisotopic (exact) mass is 332 g/mol. The van der Waals surface area contributed by atoms with Gasteiger partial charge >= 0.3 is 5.97 Å². The highest BCUT2D eigenvalue weighted by molar-refractivity contribution is 7.13. The number of aryl methyl sites for hydroxylation is 4. The molecule has 2 N–H and O–H groups in total. The van der Waals surface area contributed by atoms with Gasteiger partial charge in [0.2, 0.25) is 0 Å². The number of hydrogen-bond donors (Lipinski definition) is 2. The lowest BCUT2D eigenvalue weighted by atomic mass is 10.0. The van der Waals surface area contributed by atoms with Gasteiger partial charge in [0, 0.05) is 0 Å². The SMILES string of the molecule is CCc1nc(C)c(C(=O)NC(C(=O)O)c2cc(C)cc(C)c2)s1. The van der Waals surface area contributed by atoms with Crippen LogP contribution in [0, 0.1) is 20.8 Å². The lowest BCUT2D eigenvalue weighted by Gasteiger charge is -2.16. The first-order chi connectivity index (χ1) is 10.8. The van der Waals surface area contributed by atoms with Gasteiger partial charge in [-0.15, -0.1) is 11.3 Å². The molecule has 0 bridgehead atoms. The van der Waals surface area contributed by atoms with Crippen molar-refractivity contribution in [3.05, 3.63) is 50.5 Å². The maximum absolute atomic E-state index is 12.4. The third-order valence-electron chi connectivity index (χ3n) is 3.45. The normalized spacial score (nSPS) is 12.0. The lowest BCUT2D eigenvalue weighted by molar-refractivity contribution is -0.139. The van der Waals surface area contributed by atoms with Crippen LogP contribution in [0.5, 0.6) is 0 Å². The number of carbonyl (C=O) groups excluding carboxylic acids is 1. The van der Waals surface area contributed by atoms with Gasteiger partial charge in [-0.2, -0.15) is 0 Å². The molecular weight excluding hydrogens is 312 g/mol. The summed E-state index contributed by atoms with van der Waals surface area (Å²) in [5, 5.41) is 13.0. The highest BCUT2D eigenvalue weighted by Gasteiger charge is 2.25. The van der Waals surface area contributed by atoms with Gasteiger partial charge in [-0.05, 0) is 32.8 Å². The van der Waals surface area contributed by atoms with E-state index in [0.717, 1.165) is 22.6 Å². The Hall–Kier alpha value is -2.21. The van der Waals surface area contributed by atoms with Gasteiger partial charge in [-0.25, -0.2) is 9.78 Å². The zero-order chi connectivity index (χ0) is 17.1. The zero-order valence-corrected chi connectivity index (χ0v) is 14.5. The van der Waals surface area contributed by atoms with E-state index in [-0.39, 0.29) is 0 Å². The summed E-state index contributed by atoms with van der Waals surface area (Å²) >= 11 is 1.31. The van der Waals surface area contributed by atoms with Crippen molar-refractivity contribution in [2.75, 3.05) is 0 Å². The molecule has 1 aromatic heterocycles. The summed E-state index contributed by atoms with van der Waals surface area (Å²) in [5.41, 5.74) is 3.13. The van der Waals surface area contributed by atoms with E-state index >= 15 is 0 Å². The summed E-state index contributed by atoms with van der Waals surface area (Å²) in [6.07, 6.45) is 0.748. The summed E-state index contributed by atoms with van der Waals surface area (Å²) in [5.74, 6) is -1.48. The molecule has 0 radical (unpaired) electrons. The molecule has 1 amide bonds. The molecule has 2 aromatic rings. The summed E-state index contributed by atoms with van der Waals surface area (Å²) in [6, 6.07) is 4.45. The molecule has 0 fully saturated rings. The minimum Gasteiger partial charge on any atom is -0.479 e. The number of thiazole rings is 1. The number of nitrogens with zero attached hydrogens (tertiary/aromatic N) is 1. The van der Waals surface area contributed by atoms with Crippen molar-refractivity contribution >= 4 is 23.2 Å². The molecule has 0 aliphatic carbocycles. The second kappa shape index (κ2) is 6.91. The number of carboxylic acids is 1. The van der Waals surface area contributed by atoms with Crippen molar-refractivity contribution in [2.45, 2.75) is 40.2 Å². The first-order valence-corrected chi connectivity index (χ1v) is 8.21. The molecule has 1 unspecified atom stereocenters. The Morgan fingerprint density at radius 3 is 2.30 bits per heavy atom. The van der Waals surface area contributed by atoms with Crippen molar-refractivity contribution in [1.82, 2.24) is 10.3 Å². The Balaban J connectivity index is 2.30. The van der Waals surface area contributed by atoms with Crippen LogP contribution in [0.25, 0.3) is 0 Å². The van der Waals surface area contributed by atoms with E-state index in [9.17, 15) is 14.7 Å². The van der Waals surface area contributed by atoms with Gasteiger partial charge in [0.05, 0.1) is 10.7 Å². The van der Waals surface area contributed by atoms with Gasteiger partial charge in [0.15, 0.2) is 6.04 Å². The van der Waals surface area contributed by atoms with Crippen molar-refractivity contribution in [2.24, 2.45) is 0 Å². The summed E-state index contributed by atoms with van der Waals surface area (Å²) in [6.45, 7) is 7.53. The van der Waals surface area contributed by atoms with E-state index in [1.54, 1.807) is 19.1 Å². The molecule has 1 aromatic carbocycles. The summed E-state index contributed by atoms with van der Waals surface area (Å²) in [7, 11) is 0. The molecule has 0 aliphatic heterocycles. The molecule has 0 aliphatic rings. The van der Waals surface area contributed by atoms with Crippen LogP contribution >= 0.6 is 11.3 Å². The lowest BCUT2D eigenvalue weighted by Crippen LogP contribution is -2.33. The van der Waals surface area contributed by atoms with Crippen LogP contribution in [0.4, 0.5) is 0 Å². The van der Waals surface area contributed by atoms with Crippen LogP contribution in [0.3, 0.4) is 0 Å². The van der Waals surface area contributed by atoms with Crippen LogP contribution in [0.1, 0.15) is 50.0 Å². The van der Waals surface area contributed by atoms with E-state index in [4.69, 9.17) is 0 Å². The average Bonchev–Trinajstić information content (AvgIpc) is 2.84. The predicted molar refractivity (Wildman–Crippen MR) is 90.0 cm³/mol. The van der Waals surface area contributed by atoms with Crippen LogP contribution < -0.4 is 5.32 Å². The molecule has 23 heavy (non-hydrogen) atoms. The molecule has 0 saturated heterocycles. The Labute approximate surface area is 139 Å². The predicted octanol–water partition coefficient (Wildman–Crippen LogP) is 3.19. The number of carbonyl (C=O) groups is 2. The number of rotatable bonds is 5. The number of carboxylic acid groups (broad SMARTS) is 1. The second-order valence-electron chi connectivity index (χ2n) is 5.54. The highest BCUT2D eigenvalue weighted by Crippen LogP contribution is 2.22. The maximum Gasteiger partial charge on any atom is 0.330 e. The Bertz CT molecular complexity index is 732. The molecule has 122 valence electrons. The number of nitrogens with one attached hydrogen (secondary N) is 1. The molecule has 2 rings (SSSR count). The first-order valence-electron chi connectivity index (χ1n) is 7.40. The fourth-order valence-corrected chi connectivity index (χ4v) is 3.38. The van der Waals surface area contributed by atoms with E-state index in [1.165, 1.54) is 11.3 Å². The molecule has 0 spiro atoms. The topological polar surface area (TPSA) is 79.3 Å². The Morgan fingerprint density at radius 2 is 1.83 bits per heavy atom. The fraction of sp³-hybridized carbons (Fsp3) is 0.353. The third-order valence-corrected chi connectivity index (χ3v) is 4.75. The average molecular weight is 332 g/mol.